The first-order chi connectivity index (χ1) is 13.4. The van der Waals surface area contributed by atoms with Crippen molar-refractivity contribution in [1.82, 2.24) is 9.78 Å². The van der Waals surface area contributed by atoms with Crippen LogP contribution in [0.3, 0.4) is 0 Å². The molecule has 0 saturated carbocycles. The van der Waals surface area contributed by atoms with Crippen molar-refractivity contribution in [2.24, 2.45) is 5.92 Å². The Hall–Kier alpha value is -2.31. The van der Waals surface area contributed by atoms with Gasteiger partial charge in [0, 0.05) is 15.5 Å². The van der Waals surface area contributed by atoms with Gasteiger partial charge in [0.2, 0.25) is 0 Å². The van der Waals surface area contributed by atoms with Gasteiger partial charge >= 0.3 is 5.56 Å². The van der Waals surface area contributed by atoms with Crippen LogP contribution in [0.4, 0.5) is 4.39 Å². The molecule has 0 unspecified atom stereocenters. The first-order valence-electron chi connectivity index (χ1n) is 8.75. The van der Waals surface area contributed by atoms with Crippen LogP contribution in [0.2, 0.25) is 5.02 Å². The summed E-state index contributed by atoms with van der Waals surface area (Å²) in [5.74, 6) is 0.00875. The third-order valence-corrected chi connectivity index (χ3v) is 5.02. The maximum absolute atomic E-state index is 14.3. The largest absolute Gasteiger partial charge is 0.487 e. The highest BCUT2D eigenvalue weighted by molar-refractivity contribution is 7.98. The zero-order chi connectivity index (χ0) is 20.3. The Kier molecular flexibility index (Phi) is 6.42. The normalized spacial score (nSPS) is 11.1. The summed E-state index contributed by atoms with van der Waals surface area (Å²) in [6.07, 6.45) is 3.33. The summed E-state index contributed by atoms with van der Waals surface area (Å²) in [6.45, 7) is 4.33. The van der Waals surface area contributed by atoms with Gasteiger partial charge in [-0.15, -0.1) is 11.8 Å². The number of halogens is 2. The molecule has 0 radical (unpaired) electrons. The summed E-state index contributed by atoms with van der Waals surface area (Å²) < 4.78 is 21.4. The molecule has 7 heteroatoms. The van der Waals surface area contributed by atoms with Crippen molar-refractivity contribution in [3.8, 4) is 22.6 Å². The number of nitrogens with zero attached hydrogens (tertiary/aromatic N) is 2. The van der Waals surface area contributed by atoms with Crippen LogP contribution >= 0.6 is 23.4 Å². The number of aromatic nitrogens is 2. The molecule has 0 bridgehead atoms. The quantitative estimate of drug-likeness (QED) is 0.499. The van der Waals surface area contributed by atoms with Crippen molar-refractivity contribution in [2.45, 2.75) is 18.7 Å². The first-order valence-corrected chi connectivity index (χ1v) is 10.4. The van der Waals surface area contributed by atoms with E-state index in [-0.39, 0.29) is 17.5 Å². The van der Waals surface area contributed by atoms with E-state index in [1.807, 2.05) is 20.1 Å². The SMILES string of the molecule is CSc1ccc(-c2cnn(-c3cccc(Cl)c3)c(=O)c2OCC(C)C)cc1F. The first kappa shape index (κ1) is 20.4. The molecule has 0 atom stereocenters. The molecule has 0 N–H and O–H groups in total. The Morgan fingerprint density at radius 2 is 2.04 bits per heavy atom. The molecule has 0 amide bonds. The van der Waals surface area contributed by atoms with E-state index in [1.165, 1.54) is 28.7 Å². The van der Waals surface area contributed by atoms with Crippen molar-refractivity contribution in [1.29, 1.82) is 0 Å². The minimum Gasteiger partial charge on any atom is -0.487 e. The molecule has 1 aromatic heterocycles. The highest BCUT2D eigenvalue weighted by Gasteiger charge is 2.17. The molecule has 0 saturated heterocycles. The molecule has 0 aliphatic rings. The lowest BCUT2D eigenvalue weighted by Crippen LogP contribution is -2.24. The lowest BCUT2D eigenvalue weighted by atomic mass is 10.1. The van der Waals surface area contributed by atoms with Gasteiger partial charge in [0.15, 0.2) is 5.75 Å². The van der Waals surface area contributed by atoms with E-state index in [0.717, 1.165) is 0 Å². The average Bonchev–Trinajstić information content (AvgIpc) is 2.66. The molecule has 0 aliphatic heterocycles. The van der Waals surface area contributed by atoms with Gasteiger partial charge in [0.1, 0.15) is 5.82 Å². The van der Waals surface area contributed by atoms with Crippen molar-refractivity contribution in [3.63, 3.8) is 0 Å². The van der Waals surface area contributed by atoms with E-state index in [0.29, 0.717) is 33.3 Å². The van der Waals surface area contributed by atoms with E-state index in [2.05, 4.69) is 5.10 Å². The third kappa shape index (κ3) is 4.39. The Labute approximate surface area is 172 Å². The van der Waals surface area contributed by atoms with Crippen LogP contribution in [-0.2, 0) is 0 Å². The third-order valence-electron chi connectivity index (χ3n) is 4.01. The number of thioether (sulfide) groups is 1. The highest BCUT2D eigenvalue weighted by atomic mass is 35.5. The molecule has 2 aromatic carbocycles. The summed E-state index contributed by atoms with van der Waals surface area (Å²) in [5.41, 5.74) is 1.10. The van der Waals surface area contributed by atoms with E-state index >= 15 is 0 Å². The lowest BCUT2D eigenvalue weighted by Gasteiger charge is -2.15. The molecule has 3 rings (SSSR count). The van der Waals surface area contributed by atoms with E-state index in [1.54, 1.807) is 36.4 Å². The molecule has 0 aliphatic carbocycles. The van der Waals surface area contributed by atoms with Crippen LogP contribution in [0.5, 0.6) is 5.75 Å². The molecule has 28 heavy (non-hydrogen) atoms. The maximum atomic E-state index is 14.3. The summed E-state index contributed by atoms with van der Waals surface area (Å²) in [7, 11) is 0. The fraction of sp³-hybridized carbons (Fsp3) is 0.238. The van der Waals surface area contributed by atoms with Crippen molar-refractivity contribution in [2.75, 3.05) is 12.9 Å². The molecule has 0 fully saturated rings. The number of ether oxygens (including phenoxy) is 1. The van der Waals surface area contributed by atoms with Crippen LogP contribution in [0.1, 0.15) is 13.8 Å². The molecule has 4 nitrogen and oxygen atoms in total. The summed E-state index contributed by atoms with van der Waals surface area (Å²) >= 11 is 7.37. The molecule has 3 aromatic rings. The van der Waals surface area contributed by atoms with Crippen molar-refractivity contribution < 1.29 is 9.13 Å². The second-order valence-electron chi connectivity index (χ2n) is 6.64. The van der Waals surface area contributed by atoms with Crippen LogP contribution < -0.4 is 10.3 Å². The Bertz CT molecular complexity index is 1050. The van der Waals surface area contributed by atoms with Crippen LogP contribution in [0.25, 0.3) is 16.8 Å². The minimum atomic E-state index is -0.422. The predicted octanol–water partition coefficient (Wildman–Crippen LogP) is 5.45. The topological polar surface area (TPSA) is 44.1 Å². The van der Waals surface area contributed by atoms with E-state index in [4.69, 9.17) is 16.3 Å². The monoisotopic (exact) mass is 418 g/mol. The molecule has 0 spiro atoms. The van der Waals surface area contributed by atoms with Gasteiger partial charge in [-0.2, -0.15) is 9.78 Å². The number of hydrogen-bond donors (Lipinski definition) is 0. The average molecular weight is 419 g/mol. The number of hydrogen-bond acceptors (Lipinski definition) is 4. The maximum Gasteiger partial charge on any atom is 0.314 e. The van der Waals surface area contributed by atoms with Gasteiger partial charge in [-0.25, -0.2) is 4.39 Å². The van der Waals surface area contributed by atoms with E-state index in [9.17, 15) is 9.18 Å². The van der Waals surface area contributed by atoms with Gasteiger partial charge in [0.25, 0.3) is 0 Å². The van der Waals surface area contributed by atoms with Crippen molar-refractivity contribution >= 4 is 23.4 Å². The van der Waals surface area contributed by atoms with Gasteiger partial charge in [-0.05, 0) is 48.1 Å². The smallest absolute Gasteiger partial charge is 0.314 e. The fourth-order valence-electron chi connectivity index (χ4n) is 2.66. The summed E-state index contributed by atoms with van der Waals surface area (Å²) in [6, 6.07) is 11.7. The summed E-state index contributed by atoms with van der Waals surface area (Å²) in [4.78, 5) is 13.7. The predicted molar refractivity (Wildman–Crippen MR) is 112 cm³/mol. The van der Waals surface area contributed by atoms with Crippen LogP contribution in [0, 0.1) is 11.7 Å². The zero-order valence-corrected chi connectivity index (χ0v) is 17.4. The number of rotatable bonds is 6. The molecular weight excluding hydrogens is 399 g/mol. The molecule has 146 valence electrons. The van der Waals surface area contributed by atoms with Crippen LogP contribution in [-0.4, -0.2) is 22.6 Å². The molecule has 1 heterocycles. The highest BCUT2D eigenvalue weighted by Crippen LogP contribution is 2.30. The second-order valence-corrected chi connectivity index (χ2v) is 7.92. The van der Waals surface area contributed by atoms with Gasteiger partial charge in [-0.1, -0.05) is 37.6 Å². The summed E-state index contributed by atoms with van der Waals surface area (Å²) in [5, 5.41) is 4.76. The Balaban J connectivity index is 2.16. The standard InChI is InChI=1S/C21H20ClFN2O2S/c1-13(2)12-27-20-17(14-7-8-19(28-3)18(23)9-14)11-24-25(21(20)26)16-6-4-5-15(22)10-16/h4-11,13H,12H2,1-3H3. The second kappa shape index (κ2) is 8.80. The lowest BCUT2D eigenvalue weighted by molar-refractivity contribution is 0.267. The van der Waals surface area contributed by atoms with Crippen LogP contribution in [0.15, 0.2) is 58.4 Å². The molecular formula is C21H20ClFN2O2S. The minimum absolute atomic E-state index is 0.139. The van der Waals surface area contributed by atoms with Gasteiger partial charge in [0.05, 0.1) is 18.5 Å². The van der Waals surface area contributed by atoms with E-state index < -0.39 is 5.56 Å². The van der Waals surface area contributed by atoms with Crippen molar-refractivity contribution in [3.05, 3.63) is 69.9 Å². The number of benzene rings is 2. The Morgan fingerprint density at radius 1 is 1.25 bits per heavy atom. The van der Waals surface area contributed by atoms with Gasteiger partial charge in [-0.3, -0.25) is 4.79 Å². The Morgan fingerprint density at radius 3 is 2.68 bits per heavy atom. The van der Waals surface area contributed by atoms with Gasteiger partial charge < -0.3 is 4.74 Å². The zero-order valence-electron chi connectivity index (χ0n) is 15.8. The fourth-order valence-corrected chi connectivity index (χ4v) is 3.30.